The Morgan fingerprint density at radius 1 is 1.31 bits per heavy atom. The average molecular weight is 350 g/mol. The van der Waals surface area contributed by atoms with Crippen LogP contribution in [0.3, 0.4) is 0 Å². The van der Waals surface area contributed by atoms with E-state index in [1.807, 2.05) is 42.5 Å². The van der Waals surface area contributed by atoms with Gasteiger partial charge in [0, 0.05) is 55.7 Å². The molecule has 1 amide bonds. The van der Waals surface area contributed by atoms with E-state index in [9.17, 15) is 4.79 Å². The zero-order valence-electron chi connectivity index (χ0n) is 15.0. The number of nitrogens with zero attached hydrogens (tertiary/aromatic N) is 6. The summed E-state index contributed by atoms with van der Waals surface area (Å²) in [5, 5.41) is 4.21. The van der Waals surface area contributed by atoms with Crippen molar-refractivity contribution in [3.05, 3.63) is 54.4 Å². The number of carbonyl (C=O) groups is 1. The summed E-state index contributed by atoms with van der Waals surface area (Å²) >= 11 is 0. The van der Waals surface area contributed by atoms with Gasteiger partial charge in [0.2, 0.25) is 0 Å². The van der Waals surface area contributed by atoms with Crippen LogP contribution in [0.2, 0.25) is 0 Å². The predicted octanol–water partition coefficient (Wildman–Crippen LogP) is 2.56. The van der Waals surface area contributed by atoms with E-state index in [4.69, 9.17) is 0 Å². The Kier molecular flexibility index (Phi) is 4.28. The normalized spacial score (nSPS) is 17.0. The minimum atomic E-state index is 0.0490. The number of hydrogen-bond acceptors (Lipinski definition) is 4. The van der Waals surface area contributed by atoms with Gasteiger partial charge in [-0.2, -0.15) is 5.10 Å². The van der Waals surface area contributed by atoms with Gasteiger partial charge in [-0.05, 0) is 32.4 Å². The standard InChI is InChI=1S/C19H22N6O/c1-3-24-12-16(11-22-24)19(26)23-8-6-17(13-23)25-14(2)9-21-18(25)15-5-4-7-20-10-15/h4-5,7,9-12,17H,3,6,8,13H2,1-2H3. The average Bonchev–Trinajstić information content (AvgIpc) is 3.41. The number of carbonyl (C=O) groups excluding carboxylic acids is 1. The van der Waals surface area contributed by atoms with Crippen LogP contribution >= 0.6 is 0 Å². The van der Waals surface area contributed by atoms with Crippen LogP contribution in [0.25, 0.3) is 11.4 Å². The first-order chi connectivity index (χ1) is 12.7. The maximum atomic E-state index is 12.8. The van der Waals surface area contributed by atoms with E-state index < -0.39 is 0 Å². The van der Waals surface area contributed by atoms with Crippen LogP contribution in [-0.4, -0.2) is 48.2 Å². The molecule has 3 aromatic rings. The molecule has 0 saturated carbocycles. The highest BCUT2D eigenvalue weighted by Gasteiger charge is 2.30. The van der Waals surface area contributed by atoms with Crippen molar-refractivity contribution in [2.45, 2.75) is 32.9 Å². The molecule has 134 valence electrons. The second kappa shape index (κ2) is 6.74. The molecule has 0 spiro atoms. The molecule has 1 saturated heterocycles. The number of amides is 1. The Bertz CT molecular complexity index is 913. The third-order valence-electron chi connectivity index (χ3n) is 4.92. The summed E-state index contributed by atoms with van der Waals surface area (Å²) in [5.74, 6) is 0.960. The second-order valence-corrected chi connectivity index (χ2v) is 6.61. The Morgan fingerprint density at radius 2 is 2.19 bits per heavy atom. The number of rotatable bonds is 4. The SMILES string of the molecule is CCn1cc(C(=O)N2CCC(n3c(C)cnc3-c3cccnc3)C2)cn1. The van der Waals surface area contributed by atoms with Crippen LogP contribution in [0.5, 0.6) is 0 Å². The Morgan fingerprint density at radius 3 is 2.92 bits per heavy atom. The van der Waals surface area contributed by atoms with Crippen LogP contribution in [0, 0.1) is 6.92 Å². The number of aromatic nitrogens is 5. The van der Waals surface area contributed by atoms with E-state index in [2.05, 4.69) is 26.6 Å². The molecular weight excluding hydrogens is 328 g/mol. The fourth-order valence-electron chi connectivity index (χ4n) is 3.58. The molecule has 7 heteroatoms. The molecule has 1 aliphatic rings. The van der Waals surface area contributed by atoms with Crippen molar-refractivity contribution in [1.82, 2.24) is 29.2 Å². The van der Waals surface area contributed by atoms with Gasteiger partial charge in [-0.1, -0.05) is 0 Å². The molecule has 1 atom stereocenters. The van der Waals surface area contributed by atoms with Gasteiger partial charge in [0.25, 0.3) is 5.91 Å². The van der Waals surface area contributed by atoms with E-state index in [0.717, 1.165) is 36.6 Å². The first-order valence-electron chi connectivity index (χ1n) is 8.93. The van der Waals surface area contributed by atoms with E-state index in [0.29, 0.717) is 12.1 Å². The minimum absolute atomic E-state index is 0.0490. The molecule has 1 aliphatic heterocycles. The van der Waals surface area contributed by atoms with Crippen LogP contribution in [0.15, 0.2) is 43.1 Å². The molecule has 4 rings (SSSR count). The lowest BCUT2D eigenvalue weighted by molar-refractivity contribution is 0.0787. The Balaban J connectivity index is 1.56. The summed E-state index contributed by atoms with van der Waals surface area (Å²) in [6.45, 7) is 6.25. The van der Waals surface area contributed by atoms with Crippen molar-refractivity contribution in [3.63, 3.8) is 0 Å². The van der Waals surface area contributed by atoms with E-state index in [-0.39, 0.29) is 11.9 Å². The Labute approximate surface area is 152 Å². The van der Waals surface area contributed by atoms with E-state index in [1.54, 1.807) is 17.1 Å². The maximum absolute atomic E-state index is 12.8. The van der Waals surface area contributed by atoms with Crippen LogP contribution in [0.4, 0.5) is 0 Å². The summed E-state index contributed by atoms with van der Waals surface area (Å²) in [7, 11) is 0. The molecule has 0 aromatic carbocycles. The van der Waals surface area contributed by atoms with E-state index in [1.165, 1.54) is 0 Å². The number of likely N-dealkylation sites (tertiary alicyclic amines) is 1. The summed E-state index contributed by atoms with van der Waals surface area (Å²) < 4.78 is 4.01. The van der Waals surface area contributed by atoms with Crippen molar-refractivity contribution in [1.29, 1.82) is 0 Å². The van der Waals surface area contributed by atoms with Crippen molar-refractivity contribution in [2.75, 3.05) is 13.1 Å². The molecule has 4 heterocycles. The van der Waals surface area contributed by atoms with Gasteiger partial charge in [0.15, 0.2) is 0 Å². The van der Waals surface area contributed by atoms with Crippen molar-refractivity contribution >= 4 is 5.91 Å². The molecule has 0 bridgehead atoms. The smallest absolute Gasteiger partial charge is 0.257 e. The molecule has 0 radical (unpaired) electrons. The summed E-state index contributed by atoms with van der Waals surface area (Å²) in [4.78, 5) is 23.5. The largest absolute Gasteiger partial charge is 0.336 e. The number of pyridine rings is 1. The highest BCUT2D eigenvalue weighted by atomic mass is 16.2. The zero-order chi connectivity index (χ0) is 18.1. The van der Waals surface area contributed by atoms with Gasteiger partial charge in [-0.25, -0.2) is 4.98 Å². The van der Waals surface area contributed by atoms with Gasteiger partial charge in [0.05, 0.1) is 17.8 Å². The lowest BCUT2D eigenvalue weighted by Gasteiger charge is -2.19. The predicted molar refractivity (Wildman–Crippen MR) is 97.7 cm³/mol. The highest BCUT2D eigenvalue weighted by Crippen LogP contribution is 2.29. The number of aryl methyl sites for hydroxylation is 2. The fraction of sp³-hybridized carbons (Fsp3) is 0.368. The van der Waals surface area contributed by atoms with Crippen molar-refractivity contribution < 1.29 is 4.79 Å². The van der Waals surface area contributed by atoms with Crippen LogP contribution in [0.1, 0.15) is 35.4 Å². The molecule has 3 aromatic heterocycles. The molecule has 26 heavy (non-hydrogen) atoms. The van der Waals surface area contributed by atoms with Gasteiger partial charge in [-0.15, -0.1) is 0 Å². The molecule has 1 unspecified atom stereocenters. The molecule has 0 aliphatic carbocycles. The lowest BCUT2D eigenvalue weighted by Crippen LogP contribution is -2.29. The summed E-state index contributed by atoms with van der Waals surface area (Å²) in [6.07, 6.45) is 9.86. The topological polar surface area (TPSA) is 68.8 Å². The molecule has 0 N–H and O–H groups in total. The highest BCUT2D eigenvalue weighted by molar-refractivity contribution is 5.93. The first-order valence-corrected chi connectivity index (χ1v) is 8.93. The molecule has 1 fully saturated rings. The third-order valence-corrected chi connectivity index (χ3v) is 4.92. The summed E-state index contributed by atoms with van der Waals surface area (Å²) in [5.41, 5.74) is 2.75. The number of hydrogen-bond donors (Lipinski definition) is 0. The number of imidazole rings is 1. The molecular formula is C19H22N6O. The van der Waals surface area contributed by atoms with Crippen LogP contribution in [-0.2, 0) is 6.54 Å². The van der Waals surface area contributed by atoms with Crippen LogP contribution < -0.4 is 0 Å². The summed E-state index contributed by atoms with van der Waals surface area (Å²) in [6, 6.07) is 4.15. The molecule has 7 nitrogen and oxygen atoms in total. The maximum Gasteiger partial charge on any atom is 0.257 e. The third kappa shape index (κ3) is 2.89. The van der Waals surface area contributed by atoms with Gasteiger partial charge < -0.3 is 9.47 Å². The van der Waals surface area contributed by atoms with Gasteiger partial charge in [-0.3, -0.25) is 14.5 Å². The quantitative estimate of drug-likeness (QED) is 0.725. The second-order valence-electron chi connectivity index (χ2n) is 6.61. The van der Waals surface area contributed by atoms with Crippen molar-refractivity contribution in [3.8, 4) is 11.4 Å². The van der Waals surface area contributed by atoms with Crippen molar-refractivity contribution in [2.24, 2.45) is 0 Å². The zero-order valence-corrected chi connectivity index (χ0v) is 15.0. The van der Waals surface area contributed by atoms with Gasteiger partial charge >= 0.3 is 0 Å². The first kappa shape index (κ1) is 16.5. The lowest BCUT2D eigenvalue weighted by atomic mass is 10.2. The van der Waals surface area contributed by atoms with Gasteiger partial charge in [0.1, 0.15) is 5.82 Å². The van der Waals surface area contributed by atoms with E-state index >= 15 is 0 Å². The minimum Gasteiger partial charge on any atom is -0.336 e. The monoisotopic (exact) mass is 350 g/mol. The Hall–Kier alpha value is -2.96. The fourth-order valence-corrected chi connectivity index (χ4v) is 3.58.